The van der Waals surface area contributed by atoms with Crippen molar-refractivity contribution in [2.45, 2.75) is 11.6 Å². The third-order valence-corrected chi connectivity index (χ3v) is 5.14. The summed E-state index contributed by atoms with van der Waals surface area (Å²) in [5, 5.41) is 1.53. The van der Waals surface area contributed by atoms with Crippen LogP contribution in [0.4, 0.5) is 0 Å². The summed E-state index contributed by atoms with van der Waals surface area (Å²) in [6, 6.07) is 15.3. The third kappa shape index (κ3) is 3.57. The second-order valence-corrected chi connectivity index (χ2v) is 8.46. The van der Waals surface area contributed by atoms with Crippen molar-refractivity contribution in [1.29, 1.82) is 0 Å². The minimum atomic E-state index is -3.48. The van der Waals surface area contributed by atoms with Crippen LogP contribution in [0.3, 0.4) is 0 Å². The average Bonchev–Trinajstić information content (AvgIpc) is 2.59. The quantitative estimate of drug-likeness (QED) is 0.689. The molecule has 5 nitrogen and oxygen atoms in total. The smallest absolute Gasteiger partial charge is 0.193 e. The van der Waals surface area contributed by atoms with E-state index in [4.69, 9.17) is 4.74 Å². The maximum Gasteiger partial charge on any atom is 0.193 e. The molecule has 0 spiro atoms. The van der Waals surface area contributed by atoms with Crippen LogP contribution in [0.5, 0.6) is 5.75 Å². The number of hydrogen-bond donors (Lipinski definition) is 0. The summed E-state index contributed by atoms with van der Waals surface area (Å²) in [6.45, 7) is 0.528. The Morgan fingerprint density at radius 2 is 1.73 bits per heavy atom. The molecule has 0 atom stereocenters. The molecular formula is C20H22N2O3S. The fourth-order valence-corrected chi connectivity index (χ4v) is 3.91. The summed E-state index contributed by atoms with van der Waals surface area (Å²) in [7, 11) is 2.00. The molecule has 1 heterocycles. The van der Waals surface area contributed by atoms with Crippen LogP contribution < -0.4 is 4.74 Å². The number of pyridine rings is 1. The minimum absolute atomic E-state index is 0.103. The fourth-order valence-electron chi connectivity index (χ4n) is 3.06. The summed E-state index contributed by atoms with van der Waals surface area (Å²) < 4.78 is 30.1. The van der Waals surface area contributed by atoms with Gasteiger partial charge in [-0.05, 0) is 43.2 Å². The number of benzene rings is 2. The van der Waals surface area contributed by atoms with E-state index in [0.717, 1.165) is 22.2 Å². The van der Waals surface area contributed by atoms with Gasteiger partial charge in [-0.15, -0.1) is 0 Å². The Morgan fingerprint density at radius 1 is 1.04 bits per heavy atom. The summed E-state index contributed by atoms with van der Waals surface area (Å²) in [5.74, 6) is 0.677. The zero-order valence-electron chi connectivity index (χ0n) is 15.4. The highest BCUT2D eigenvalue weighted by atomic mass is 32.2. The number of hydrogen-bond acceptors (Lipinski definition) is 5. The number of nitrogens with zero attached hydrogens (tertiary/aromatic N) is 2. The standard InChI is InChI=1S/C20H22N2O3S/c1-22(2)13-18-19(14-8-6-5-7-9-14)17-12-15(25-3)10-11-16(17)20(21-18)26(4,23)24/h5-12H,13H2,1-4H3. The van der Waals surface area contributed by atoms with Crippen molar-refractivity contribution >= 4 is 20.6 Å². The number of ether oxygens (including phenoxy) is 1. The van der Waals surface area contributed by atoms with Gasteiger partial charge in [0.15, 0.2) is 14.9 Å². The molecule has 0 unspecified atom stereocenters. The molecule has 3 aromatic rings. The lowest BCUT2D eigenvalue weighted by Crippen LogP contribution is -2.15. The van der Waals surface area contributed by atoms with Crippen LogP contribution in [0.15, 0.2) is 53.6 Å². The number of rotatable bonds is 5. The SMILES string of the molecule is COc1ccc2c(S(C)(=O)=O)nc(CN(C)C)c(-c3ccccc3)c2c1. The van der Waals surface area contributed by atoms with Crippen molar-refractivity contribution in [2.75, 3.05) is 27.5 Å². The van der Waals surface area contributed by atoms with E-state index in [9.17, 15) is 8.42 Å². The van der Waals surface area contributed by atoms with Gasteiger partial charge in [-0.3, -0.25) is 0 Å². The highest BCUT2D eigenvalue weighted by molar-refractivity contribution is 7.90. The molecule has 0 amide bonds. The molecular weight excluding hydrogens is 348 g/mol. The lowest BCUT2D eigenvalue weighted by molar-refractivity contribution is 0.396. The second kappa shape index (κ2) is 7.05. The molecule has 0 bridgehead atoms. The van der Waals surface area contributed by atoms with Crippen LogP contribution in [0, 0.1) is 0 Å². The molecule has 0 aliphatic rings. The van der Waals surface area contributed by atoms with Gasteiger partial charge in [0.2, 0.25) is 0 Å². The van der Waals surface area contributed by atoms with Gasteiger partial charge < -0.3 is 9.64 Å². The molecule has 3 rings (SSSR count). The van der Waals surface area contributed by atoms with Gasteiger partial charge in [-0.1, -0.05) is 30.3 Å². The largest absolute Gasteiger partial charge is 0.497 e. The Hall–Kier alpha value is -2.44. The summed E-state index contributed by atoms with van der Waals surface area (Å²) >= 11 is 0. The van der Waals surface area contributed by atoms with Crippen molar-refractivity contribution in [3.8, 4) is 16.9 Å². The summed E-state index contributed by atoms with van der Waals surface area (Å²) in [4.78, 5) is 6.55. The predicted octanol–water partition coefficient (Wildman–Crippen LogP) is 3.38. The van der Waals surface area contributed by atoms with E-state index in [1.165, 1.54) is 6.26 Å². The molecule has 0 aliphatic heterocycles. The average molecular weight is 370 g/mol. The molecule has 0 fully saturated rings. The van der Waals surface area contributed by atoms with Crippen LogP contribution in [-0.2, 0) is 16.4 Å². The van der Waals surface area contributed by atoms with Crippen molar-refractivity contribution in [2.24, 2.45) is 0 Å². The fraction of sp³-hybridized carbons (Fsp3) is 0.250. The van der Waals surface area contributed by atoms with Crippen LogP contribution in [0.1, 0.15) is 5.69 Å². The molecule has 2 aromatic carbocycles. The van der Waals surface area contributed by atoms with Gasteiger partial charge in [0, 0.05) is 23.8 Å². The number of aromatic nitrogens is 1. The van der Waals surface area contributed by atoms with E-state index < -0.39 is 9.84 Å². The van der Waals surface area contributed by atoms with Crippen molar-refractivity contribution in [1.82, 2.24) is 9.88 Å². The Morgan fingerprint density at radius 3 is 2.31 bits per heavy atom. The van der Waals surface area contributed by atoms with E-state index in [-0.39, 0.29) is 5.03 Å². The highest BCUT2D eigenvalue weighted by Gasteiger charge is 2.21. The van der Waals surface area contributed by atoms with Gasteiger partial charge in [-0.2, -0.15) is 0 Å². The number of fused-ring (bicyclic) bond motifs is 1. The van der Waals surface area contributed by atoms with Gasteiger partial charge in [-0.25, -0.2) is 13.4 Å². The lowest BCUT2D eigenvalue weighted by atomic mass is 9.97. The molecule has 0 aliphatic carbocycles. The molecule has 0 radical (unpaired) electrons. The Kier molecular flexibility index (Phi) is 4.98. The zero-order chi connectivity index (χ0) is 18.9. The first kappa shape index (κ1) is 18.4. The van der Waals surface area contributed by atoms with Gasteiger partial charge in [0.25, 0.3) is 0 Å². The van der Waals surface area contributed by atoms with Crippen molar-refractivity contribution in [3.63, 3.8) is 0 Å². The molecule has 0 N–H and O–H groups in total. The van der Waals surface area contributed by atoms with Crippen LogP contribution >= 0.6 is 0 Å². The second-order valence-electron chi connectivity index (χ2n) is 6.53. The molecule has 0 saturated carbocycles. The first-order chi connectivity index (χ1) is 12.3. The predicted molar refractivity (Wildman–Crippen MR) is 104 cm³/mol. The van der Waals surface area contributed by atoms with E-state index in [1.807, 2.05) is 55.4 Å². The maximum absolute atomic E-state index is 12.4. The van der Waals surface area contributed by atoms with Gasteiger partial charge in [0.05, 0.1) is 12.8 Å². The van der Waals surface area contributed by atoms with E-state index >= 15 is 0 Å². The normalized spacial score (nSPS) is 11.9. The summed E-state index contributed by atoms with van der Waals surface area (Å²) in [5.41, 5.74) is 2.65. The van der Waals surface area contributed by atoms with Gasteiger partial charge in [0.1, 0.15) is 5.75 Å². The lowest BCUT2D eigenvalue weighted by Gasteiger charge is -2.18. The zero-order valence-corrected chi connectivity index (χ0v) is 16.2. The topological polar surface area (TPSA) is 59.5 Å². The Labute approximate surface area is 154 Å². The monoisotopic (exact) mass is 370 g/mol. The molecule has 26 heavy (non-hydrogen) atoms. The first-order valence-electron chi connectivity index (χ1n) is 8.22. The molecule has 1 aromatic heterocycles. The van der Waals surface area contributed by atoms with E-state index in [0.29, 0.717) is 17.7 Å². The van der Waals surface area contributed by atoms with Gasteiger partial charge >= 0.3 is 0 Å². The van der Waals surface area contributed by atoms with Crippen LogP contribution in [0.25, 0.3) is 21.9 Å². The summed E-state index contributed by atoms with van der Waals surface area (Å²) in [6.07, 6.45) is 1.20. The Bertz CT molecular complexity index is 1050. The van der Waals surface area contributed by atoms with Crippen LogP contribution in [-0.4, -0.2) is 45.8 Å². The molecule has 6 heteroatoms. The highest BCUT2D eigenvalue weighted by Crippen LogP contribution is 2.36. The minimum Gasteiger partial charge on any atom is -0.497 e. The van der Waals surface area contributed by atoms with E-state index in [1.54, 1.807) is 19.2 Å². The number of methoxy groups -OCH3 is 1. The third-order valence-electron chi connectivity index (χ3n) is 4.13. The maximum atomic E-state index is 12.4. The van der Waals surface area contributed by atoms with E-state index in [2.05, 4.69) is 4.98 Å². The molecule has 136 valence electrons. The number of sulfone groups is 1. The molecule has 0 saturated heterocycles. The first-order valence-corrected chi connectivity index (χ1v) is 10.1. The van der Waals surface area contributed by atoms with Crippen molar-refractivity contribution < 1.29 is 13.2 Å². The van der Waals surface area contributed by atoms with Crippen molar-refractivity contribution in [3.05, 3.63) is 54.2 Å². The Balaban J connectivity index is 2.48. The van der Waals surface area contributed by atoms with Crippen LogP contribution in [0.2, 0.25) is 0 Å².